The molecule has 4 nitrogen and oxygen atoms in total. The fourth-order valence-electron chi connectivity index (χ4n) is 2.25. The van der Waals surface area contributed by atoms with E-state index in [0.717, 1.165) is 18.5 Å². The van der Waals surface area contributed by atoms with Crippen LogP contribution < -0.4 is 0 Å². The lowest BCUT2D eigenvalue weighted by molar-refractivity contribution is -0.383. The third kappa shape index (κ3) is 2.24. The number of hydrogen-bond acceptors (Lipinski definition) is 3. The molecule has 0 N–H and O–H groups in total. The van der Waals surface area contributed by atoms with Crippen molar-refractivity contribution in [3.8, 4) is 0 Å². The highest BCUT2D eigenvalue weighted by Crippen LogP contribution is 2.26. The van der Waals surface area contributed by atoms with E-state index in [9.17, 15) is 10.1 Å². The molecule has 0 aliphatic heterocycles. The molecule has 0 saturated heterocycles. The second-order valence-electron chi connectivity index (χ2n) is 4.31. The maximum absolute atomic E-state index is 11.0. The van der Waals surface area contributed by atoms with Gasteiger partial charge in [0.25, 0.3) is 5.69 Å². The van der Waals surface area contributed by atoms with Crippen LogP contribution in [0.5, 0.6) is 0 Å². The summed E-state index contributed by atoms with van der Waals surface area (Å²) in [5, 5.41) is 13.7. The Kier molecular flexibility index (Phi) is 3.05. The zero-order chi connectivity index (χ0) is 13.2. The fourth-order valence-corrected chi connectivity index (χ4v) is 2.95. The van der Waals surface area contributed by atoms with Crippen LogP contribution in [-0.4, -0.2) is 9.49 Å². The van der Waals surface area contributed by atoms with E-state index in [0.29, 0.717) is 5.39 Å². The maximum atomic E-state index is 11.0. The van der Waals surface area contributed by atoms with Crippen molar-refractivity contribution in [1.29, 1.82) is 0 Å². The Morgan fingerprint density at radius 2 is 2.11 bits per heavy atom. The van der Waals surface area contributed by atoms with Crippen LogP contribution in [0, 0.1) is 10.1 Å². The van der Waals surface area contributed by atoms with E-state index in [2.05, 4.69) is 16.0 Å². The van der Waals surface area contributed by atoms with Crippen molar-refractivity contribution in [1.82, 2.24) is 4.57 Å². The summed E-state index contributed by atoms with van der Waals surface area (Å²) in [7, 11) is 0. The number of hydrogen-bond donors (Lipinski definition) is 0. The highest BCUT2D eigenvalue weighted by Gasteiger charge is 2.13. The number of nitro benzene ring substituents is 1. The van der Waals surface area contributed by atoms with E-state index in [-0.39, 0.29) is 10.6 Å². The summed E-state index contributed by atoms with van der Waals surface area (Å²) < 4.78 is 2.07. The van der Waals surface area contributed by atoms with Gasteiger partial charge in [0.05, 0.1) is 15.8 Å². The van der Waals surface area contributed by atoms with Gasteiger partial charge in [0.15, 0.2) is 0 Å². The number of rotatable bonds is 4. The normalized spacial score (nSPS) is 10.9. The first-order valence-corrected chi connectivity index (χ1v) is 6.88. The van der Waals surface area contributed by atoms with Crippen LogP contribution in [0.4, 0.5) is 5.69 Å². The van der Waals surface area contributed by atoms with Crippen LogP contribution in [0.3, 0.4) is 0 Å². The first-order valence-electron chi connectivity index (χ1n) is 6.00. The zero-order valence-corrected chi connectivity index (χ0v) is 11.0. The van der Waals surface area contributed by atoms with Gasteiger partial charge in [-0.2, -0.15) is 0 Å². The lowest BCUT2D eigenvalue weighted by Gasteiger charge is -2.04. The van der Waals surface area contributed by atoms with Gasteiger partial charge in [0.1, 0.15) is 0 Å². The number of nitrogens with zero attached hydrogens (tertiary/aromatic N) is 2. The molecule has 0 atom stereocenters. The first-order chi connectivity index (χ1) is 9.25. The summed E-state index contributed by atoms with van der Waals surface area (Å²) in [6.07, 6.45) is 2.87. The van der Waals surface area contributed by atoms with Crippen LogP contribution in [0.1, 0.15) is 4.88 Å². The molecule has 0 spiro atoms. The van der Waals surface area contributed by atoms with E-state index in [1.54, 1.807) is 23.5 Å². The fraction of sp³-hybridized carbons (Fsp3) is 0.143. The third-order valence-corrected chi connectivity index (χ3v) is 4.10. The maximum Gasteiger partial charge on any atom is 0.278 e. The van der Waals surface area contributed by atoms with Crippen LogP contribution in [-0.2, 0) is 13.0 Å². The van der Waals surface area contributed by atoms with Gasteiger partial charge >= 0.3 is 0 Å². The monoisotopic (exact) mass is 272 g/mol. The molecule has 5 heteroatoms. The van der Waals surface area contributed by atoms with Crippen molar-refractivity contribution in [3.63, 3.8) is 0 Å². The van der Waals surface area contributed by atoms with Crippen molar-refractivity contribution in [2.24, 2.45) is 0 Å². The van der Waals surface area contributed by atoms with E-state index in [4.69, 9.17) is 0 Å². The van der Waals surface area contributed by atoms with Crippen molar-refractivity contribution >= 4 is 27.9 Å². The predicted octanol–water partition coefficient (Wildman–Crippen LogP) is 3.85. The molecule has 1 aromatic carbocycles. The number of fused-ring (bicyclic) bond motifs is 1. The largest absolute Gasteiger partial charge is 0.347 e. The minimum absolute atomic E-state index is 0.173. The van der Waals surface area contributed by atoms with Gasteiger partial charge in [-0.05, 0) is 30.0 Å². The molecular formula is C14H12N2O2S. The molecule has 0 aliphatic carbocycles. The predicted molar refractivity (Wildman–Crippen MR) is 76.6 cm³/mol. The van der Waals surface area contributed by atoms with E-state index >= 15 is 0 Å². The average Bonchev–Trinajstić information content (AvgIpc) is 3.05. The summed E-state index contributed by atoms with van der Waals surface area (Å²) in [5.41, 5.74) is 1.10. The summed E-state index contributed by atoms with van der Waals surface area (Å²) in [5.74, 6) is 0. The summed E-state index contributed by atoms with van der Waals surface area (Å²) in [6, 6.07) is 11.2. The van der Waals surface area contributed by atoms with Gasteiger partial charge in [-0.25, -0.2) is 0 Å². The van der Waals surface area contributed by atoms with Gasteiger partial charge in [0, 0.05) is 23.7 Å². The average molecular weight is 272 g/mol. The molecule has 0 radical (unpaired) electrons. The molecule has 3 rings (SSSR count). The van der Waals surface area contributed by atoms with Crippen LogP contribution in [0.15, 0.2) is 48.0 Å². The van der Waals surface area contributed by atoms with Crippen LogP contribution >= 0.6 is 11.3 Å². The van der Waals surface area contributed by atoms with Crippen molar-refractivity contribution in [3.05, 3.63) is 63.0 Å². The molecule has 2 aromatic heterocycles. The topological polar surface area (TPSA) is 48.1 Å². The minimum Gasteiger partial charge on any atom is -0.347 e. The van der Waals surface area contributed by atoms with Gasteiger partial charge in [-0.15, -0.1) is 11.3 Å². The Bertz CT molecular complexity index is 716. The SMILES string of the molecule is O=[N+]([O-])c1cccc2c1ccn2CCc1cccs1. The summed E-state index contributed by atoms with van der Waals surface area (Å²) >= 11 is 1.74. The van der Waals surface area contributed by atoms with Gasteiger partial charge < -0.3 is 4.57 Å². The molecule has 0 bridgehead atoms. The zero-order valence-electron chi connectivity index (χ0n) is 10.2. The number of aryl methyl sites for hydroxylation is 2. The van der Waals surface area contributed by atoms with Gasteiger partial charge in [-0.3, -0.25) is 10.1 Å². The molecule has 96 valence electrons. The van der Waals surface area contributed by atoms with Crippen molar-refractivity contribution in [2.75, 3.05) is 0 Å². The lowest BCUT2D eigenvalue weighted by Crippen LogP contribution is -1.98. The number of aromatic nitrogens is 1. The number of nitro groups is 1. The summed E-state index contributed by atoms with van der Waals surface area (Å²) in [6.45, 7) is 0.838. The molecule has 0 fully saturated rings. The Morgan fingerprint density at radius 1 is 1.21 bits per heavy atom. The number of benzene rings is 1. The highest BCUT2D eigenvalue weighted by atomic mass is 32.1. The Balaban J connectivity index is 1.92. The van der Waals surface area contributed by atoms with Crippen molar-refractivity contribution < 1.29 is 4.92 Å². The third-order valence-electron chi connectivity index (χ3n) is 3.17. The summed E-state index contributed by atoms with van der Waals surface area (Å²) in [4.78, 5) is 12.0. The van der Waals surface area contributed by atoms with Gasteiger partial charge in [-0.1, -0.05) is 12.1 Å². The van der Waals surface area contributed by atoms with Crippen LogP contribution in [0.25, 0.3) is 10.9 Å². The quantitative estimate of drug-likeness (QED) is 0.535. The molecule has 0 saturated carbocycles. The van der Waals surface area contributed by atoms with E-state index in [1.807, 2.05) is 24.4 Å². The van der Waals surface area contributed by atoms with Crippen molar-refractivity contribution in [2.45, 2.75) is 13.0 Å². The number of thiophene rings is 1. The molecule has 3 aromatic rings. The molecule has 0 amide bonds. The molecule has 0 unspecified atom stereocenters. The molecule has 0 aliphatic rings. The smallest absolute Gasteiger partial charge is 0.278 e. The second kappa shape index (κ2) is 4.85. The van der Waals surface area contributed by atoms with Crippen LogP contribution in [0.2, 0.25) is 0 Å². The first kappa shape index (κ1) is 11.9. The molecular weight excluding hydrogens is 260 g/mol. The lowest BCUT2D eigenvalue weighted by atomic mass is 10.2. The van der Waals surface area contributed by atoms with E-state index in [1.165, 1.54) is 4.88 Å². The molecule has 19 heavy (non-hydrogen) atoms. The second-order valence-corrected chi connectivity index (χ2v) is 5.34. The van der Waals surface area contributed by atoms with E-state index < -0.39 is 0 Å². The van der Waals surface area contributed by atoms with Gasteiger partial charge in [0.2, 0.25) is 0 Å². The Hall–Kier alpha value is -2.14. The number of non-ortho nitro benzene ring substituents is 1. The molecule has 2 heterocycles. The standard InChI is InChI=1S/C14H12N2O2S/c17-16(18)14-5-1-4-13-12(14)7-9-15(13)8-6-11-3-2-10-19-11/h1-5,7,9-10H,6,8H2. The highest BCUT2D eigenvalue weighted by molar-refractivity contribution is 7.09. The Labute approximate surface area is 114 Å². The Morgan fingerprint density at radius 3 is 2.84 bits per heavy atom. The minimum atomic E-state index is -0.327.